The molecule has 0 spiro atoms. The van der Waals surface area contributed by atoms with Crippen molar-refractivity contribution in [3.05, 3.63) is 64.7 Å². The Balaban J connectivity index is 2.16. The van der Waals surface area contributed by atoms with E-state index in [-0.39, 0.29) is 24.8 Å². The lowest BCUT2D eigenvalue weighted by Crippen LogP contribution is -2.47. The van der Waals surface area contributed by atoms with E-state index >= 15 is 0 Å². The monoisotopic (exact) mass is 493 g/mol. The van der Waals surface area contributed by atoms with Crippen molar-refractivity contribution >= 4 is 39.1 Å². The van der Waals surface area contributed by atoms with Gasteiger partial charge in [0.1, 0.15) is 6.04 Å². The number of sulfonamides is 1. The average molecular weight is 494 g/mol. The molecule has 1 unspecified atom stereocenters. The summed E-state index contributed by atoms with van der Waals surface area (Å²) in [5, 5.41) is 3.20. The highest BCUT2D eigenvalue weighted by molar-refractivity contribution is 7.92. The Morgan fingerprint density at radius 3 is 2.42 bits per heavy atom. The van der Waals surface area contributed by atoms with Gasteiger partial charge in [-0.25, -0.2) is 8.42 Å². The zero-order valence-electron chi connectivity index (χ0n) is 19.5. The van der Waals surface area contributed by atoms with E-state index in [4.69, 9.17) is 11.6 Å². The van der Waals surface area contributed by atoms with Crippen molar-refractivity contribution in [3.63, 3.8) is 0 Å². The zero-order chi connectivity index (χ0) is 24.6. The number of benzene rings is 2. The Hall–Kier alpha value is -2.58. The Labute approximate surface area is 201 Å². The second-order valence-electron chi connectivity index (χ2n) is 7.94. The molecule has 9 heteroatoms. The molecule has 0 bridgehead atoms. The maximum Gasteiger partial charge on any atom is 0.242 e. The summed E-state index contributed by atoms with van der Waals surface area (Å²) < 4.78 is 25.9. The predicted molar refractivity (Wildman–Crippen MR) is 133 cm³/mol. The molecule has 180 valence electrons. The summed E-state index contributed by atoms with van der Waals surface area (Å²) in [4.78, 5) is 27.2. The number of nitrogens with one attached hydrogen (secondary N) is 1. The summed E-state index contributed by atoms with van der Waals surface area (Å²) in [6, 6.07) is 13.7. The first-order chi connectivity index (χ1) is 15.5. The van der Waals surface area contributed by atoms with Crippen molar-refractivity contribution in [2.45, 2.75) is 46.2 Å². The Morgan fingerprint density at radius 1 is 1.12 bits per heavy atom. The highest BCUT2D eigenvalue weighted by Gasteiger charge is 2.26. The lowest BCUT2D eigenvalue weighted by Gasteiger charge is -2.30. The van der Waals surface area contributed by atoms with Crippen LogP contribution in [0.4, 0.5) is 5.69 Å². The third-order valence-corrected chi connectivity index (χ3v) is 6.80. The number of aryl methyl sites for hydroxylation is 1. The van der Waals surface area contributed by atoms with Crippen LogP contribution in [-0.2, 0) is 26.2 Å². The van der Waals surface area contributed by atoms with Gasteiger partial charge in [-0.2, -0.15) is 0 Å². The number of hydrogen-bond donors (Lipinski definition) is 1. The van der Waals surface area contributed by atoms with Gasteiger partial charge in [-0.1, -0.05) is 41.9 Å². The van der Waals surface area contributed by atoms with E-state index < -0.39 is 16.1 Å². The van der Waals surface area contributed by atoms with E-state index in [1.54, 1.807) is 36.1 Å². The smallest absolute Gasteiger partial charge is 0.242 e. The van der Waals surface area contributed by atoms with Crippen molar-refractivity contribution < 1.29 is 18.0 Å². The Morgan fingerprint density at radius 2 is 1.82 bits per heavy atom. The summed E-state index contributed by atoms with van der Waals surface area (Å²) in [6.45, 7) is 6.39. The van der Waals surface area contributed by atoms with E-state index in [2.05, 4.69) is 5.32 Å². The van der Waals surface area contributed by atoms with Gasteiger partial charge in [0.15, 0.2) is 0 Å². The molecule has 0 saturated heterocycles. The summed E-state index contributed by atoms with van der Waals surface area (Å²) in [6.07, 6.45) is 1.52. The van der Waals surface area contributed by atoms with Crippen molar-refractivity contribution in [2.75, 3.05) is 23.7 Å². The first kappa shape index (κ1) is 26.7. The van der Waals surface area contributed by atoms with Gasteiger partial charge in [-0.05, 0) is 56.5 Å². The highest BCUT2D eigenvalue weighted by atomic mass is 35.5. The molecule has 33 heavy (non-hydrogen) atoms. The molecule has 0 aromatic heterocycles. The molecule has 2 amide bonds. The van der Waals surface area contributed by atoms with Crippen LogP contribution < -0.4 is 9.62 Å². The van der Waals surface area contributed by atoms with Gasteiger partial charge in [0, 0.05) is 31.1 Å². The molecule has 0 radical (unpaired) electrons. The Bertz CT molecular complexity index is 1070. The number of hydrogen-bond acceptors (Lipinski definition) is 4. The van der Waals surface area contributed by atoms with Crippen LogP contribution in [0.5, 0.6) is 0 Å². The van der Waals surface area contributed by atoms with Crippen LogP contribution in [0.3, 0.4) is 0 Å². The van der Waals surface area contributed by atoms with Crippen molar-refractivity contribution in [1.29, 1.82) is 0 Å². The summed E-state index contributed by atoms with van der Waals surface area (Å²) in [7, 11) is -3.56. The fourth-order valence-corrected chi connectivity index (χ4v) is 4.65. The highest BCUT2D eigenvalue weighted by Crippen LogP contribution is 2.23. The molecule has 0 fully saturated rings. The molecule has 0 aliphatic carbocycles. The number of likely N-dealkylation sites (N-methyl/N-ethyl adjacent to an activating group) is 1. The molecule has 0 aliphatic heterocycles. The van der Waals surface area contributed by atoms with Gasteiger partial charge < -0.3 is 10.2 Å². The number of carbonyl (C=O) groups is 2. The van der Waals surface area contributed by atoms with Crippen LogP contribution in [0.15, 0.2) is 48.5 Å². The average Bonchev–Trinajstić information content (AvgIpc) is 2.74. The maximum atomic E-state index is 13.2. The van der Waals surface area contributed by atoms with E-state index in [0.717, 1.165) is 17.4 Å². The molecule has 2 rings (SSSR count). The van der Waals surface area contributed by atoms with E-state index in [1.165, 1.54) is 4.31 Å². The predicted octanol–water partition coefficient (Wildman–Crippen LogP) is 3.75. The third-order valence-electron chi connectivity index (χ3n) is 5.37. The number of amides is 2. The number of nitrogens with zero attached hydrogens (tertiary/aromatic N) is 2. The minimum atomic E-state index is -3.56. The summed E-state index contributed by atoms with van der Waals surface area (Å²) >= 11 is 6.02. The van der Waals surface area contributed by atoms with E-state index in [0.29, 0.717) is 30.2 Å². The number of rotatable bonds is 11. The van der Waals surface area contributed by atoms with Gasteiger partial charge in [-0.3, -0.25) is 13.9 Å². The molecule has 0 aliphatic rings. The van der Waals surface area contributed by atoms with Crippen LogP contribution in [0.1, 0.15) is 37.8 Å². The molecule has 1 atom stereocenters. The van der Waals surface area contributed by atoms with Gasteiger partial charge >= 0.3 is 0 Å². The molecular formula is C24H32ClN3O4S. The van der Waals surface area contributed by atoms with Gasteiger partial charge in [0.2, 0.25) is 21.8 Å². The molecule has 7 nitrogen and oxygen atoms in total. The van der Waals surface area contributed by atoms with Gasteiger partial charge in [0.25, 0.3) is 0 Å². The number of carbonyl (C=O) groups excluding carboxylic acids is 2. The quantitative estimate of drug-likeness (QED) is 0.516. The lowest BCUT2D eigenvalue weighted by atomic mass is 10.1. The van der Waals surface area contributed by atoms with Gasteiger partial charge in [-0.15, -0.1) is 0 Å². The van der Waals surface area contributed by atoms with Gasteiger partial charge in [0.05, 0.1) is 11.9 Å². The second-order valence-corrected chi connectivity index (χ2v) is 10.3. The van der Waals surface area contributed by atoms with Crippen LogP contribution >= 0.6 is 11.6 Å². The first-order valence-electron chi connectivity index (χ1n) is 10.9. The Kier molecular flexibility index (Phi) is 9.73. The largest absolute Gasteiger partial charge is 0.355 e. The molecule has 1 N–H and O–H groups in total. The fraction of sp³-hybridized carbons (Fsp3) is 0.417. The van der Waals surface area contributed by atoms with Crippen molar-refractivity contribution in [1.82, 2.24) is 10.2 Å². The third kappa shape index (κ3) is 7.75. The lowest BCUT2D eigenvalue weighted by molar-refractivity contribution is -0.140. The van der Waals surface area contributed by atoms with Crippen molar-refractivity contribution in [2.24, 2.45) is 0 Å². The first-order valence-corrected chi connectivity index (χ1v) is 13.1. The van der Waals surface area contributed by atoms with Crippen LogP contribution in [-0.4, -0.2) is 50.5 Å². The molecule has 2 aromatic carbocycles. The fourth-order valence-electron chi connectivity index (χ4n) is 3.51. The molecule has 2 aromatic rings. The zero-order valence-corrected chi connectivity index (χ0v) is 21.1. The summed E-state index contributed by atoms with van der Waals surface area (Å²) in [5.41, 5.74) is 2.44. The standard InChI is InChI=1S/C24H32ClN3O4S/c1-5-26-24(30)19(3)27(17-20-11-7-6-10-18(20)2)23(29)14-9-15-28(33(4,31)32)22-13-8-12-21(25)16-22/h6-8,10-13,16,19H,5,9,14-15,17H2,1-4H3,(H,26,30). The normalized spacial score (nSPS) is 12.2. The molecular weight excluding hydrogens is 462 g/mol. The molecule has 0 saturated carbocycles. The molecule has 0 heterocycles. The number of halogens is 1. The van der Waals surface area contributed by atoms with Crippen molar-refractivity contribution in [3.8, 4) is 0 Å². The SMILES string of the molecule is CCNC(=O)C(C)N(Cc1ccccc1C)C(=O)CCCN(c1cccc(Cl)c1)S(C)(=O)=O. The maximum absolute atomic E-state index is 13.2. The van der Waals surface area contributed by atoms with E-state index in [9.17, 15) is 18.0 Å². The number of anilines is 1. The minimum Gasteiger partial charge on any atom is -0.355 e. The second kappa shape index (κ2) is 12.0. The van der Waals surface area contributed by atoms with Crippen LogP contribution in [0.25, 0.3) is 0 Å². The van der Waals surface area contributed by atoms with Crippen LogP contribution in [0, 0.1) is 6.92 Å². The minimum absolute atomic E-state index is 0.0994. The van der Waals surface area contributed by atoms with E-state index in [1.807, 2.05) is 38.1 Å². The summed E-state index contributed by atoms with van der Waals surface area (Å²) in [5.74, 6) is -0.437. The van der Waals surface area contributed by atoms with Crippen LogP contribution in [0.2, 0.25) is 5.02 Å². The topological polar surface area (TPSA) is 86.8 Å².